The number of nitrogens with one attached hydrogen (secondary N) is 1. The number of aromatic nitrogens is 2. The molecular formula is C14H20N4. The van der Waals surface area contributed by atoms with Crippen molar-refractivity contribution in [2.75, 3.05) is 0 Å². The van der Waals surface area contributed by atoms with Crippen molar-refractivity contribution in [3.05, 3.63) is 53.3 Å². The van der Waals surface area contributed by atoms with Crippen molar-refractivity contribution >= 4 is 0 Å². The molecule has 0 radical (unpaired) electrons. The Balaban J connectivity index is 2.36. The molecule has 0 fully saturated rings. The van der Waals surface area contributed by atoms with E-state index < -0.39 is 0 Å². The van der Waals surface area contributed by atoms with Gasteiger partial charge in [0.25, 0.3) is 0 Å². The molecule has 2 aromatic rings. The zero-order chi connectivity index (χ0) is 13.0. The number of nitrogens with zero attached hydrogens (tertiary/aromatic N) is 2. The van der Waals surface area contributed by atoms with Crippen molar-refractivity contribution < 1.29 is 0 Å². The summed E-state index contributed by atoms with van der Waals surface area (Å²) in [6, 6.07) is 10.4. The first-order chi connectivity index (χ1) is 8.76. The van der Waals surface area contributed by atoms with Crippen LogP contribution < -0.4 is 11.3 Å². The van der Waals surface area contributed by atoms with Crippen LogP contribution in [0.1, 0.15) is 36.2 Å². The Hall–Kier alpha value is -1.65. The molecule has 1 aromatic carbocycles. The summed E-state index contributed by atoms with van der Waals surface area (Å²) in [5.74, 6) is 5.72. The van der Waals surface area contributed by atoms with Crippen LogP contribution >= 0.6 is 0 Å². The molecule has 4 heteroatoms. The maximum atomic E-state index is 5.72. The van der Waals surface area contributed by atoms with Crippen molar-refractivity contribution in [3.63, 3.8) is 0 Å². The number of hydrogen-bond donors (Lipinski definition) is 2. The molecule has 3 N–H and O–H groups in total. The second kappa shape index (κ2) is 5.80. The lowest BCUT2D eigenvalue weighted by Crippen LogP contribution is -2.30. The van der Waals surface area contributed by atoms with E-state index in [1.807, 2.05) is 16.9 Å². The van der Waals surface area contributed by atoms with Gasteiger partial charge < -0.3 is 0 Å². The fourth-order valence-corrected chi connectivity index (χ4v) is 2.19. The second-order valence-electron chi connectivity index (χ2n) is 4.49. The standard InChI is InChI=1S/C14H20N4/c1-3-9-18-13(7-8-16-18)14(17-15)12-6-4-5-11(2)10-12/h4-8,10,14,17H,3,9,15H2,1-2H3. The highest BCUT2D eigenvalue weighted by Gasteiger charge is 2.16. The molecule has 0 aliphatic rings. The Bertz CT molecular complexity index is 504. The molecule has 0 saturated heterocycles. The van der Waals surface area contributed by atoms with E-state index in [4.69, 9.17) is 5.84 Å². The largest absolute Gasteiger partial charge is 0.271 e. The van der Waals surface area contributed by atoms with Gasteiger partial charge in [-0.1, -0.05) is 36.8 Å². The third-order valence-electron chi connectivity index (χ3n) is 3.02. The number of aryl methyl sites for hydroxylation is 2. The van der Waals surface area contributed by atoms with Gasteiger partial charge in [-0.15, -0.1) is 0 Å². The van der Waals surface area contributed by atoms with Gasteiger partial charge in [0, 0.05) is 12.7 Å². The zero-order valence-electron chi connectivity index (χ0n) is 10.9. The van der Waals surface area contributed by atoms with Crippen LogP contribution in [0.3, 0.4) is 0 Å². The monoisotopic (exact) mass is 244 g/mol. The average Bonchev–Trinajstić information content (AvgIpc) is 2.79. The van der Waals surface area contributed by atoms with Gasteiger partial charge in [0.2, 0.25) is 0 Å². The van der Waals surface area contributed by atoms with E-state index in [2.05, 4.69) is 48.6 Å². The van der Waals surface area contributed by atoms with Crippen LogP contribution in [0.15, 0.2) is 36.5 Å². The van der Waals surface area contributed by atoms with Crippen LogP contribution in [-0.2, 0) is 6.54 Å². The van der Waals surface area contributed by atoms with Gasteiger partial charge in [-0.2, -0.15) is 5.10 Å². The SMILES string of the molecule is CCCn1nccc1C(NN)c1cccc(C)c1. The van der Waals surface area contributed by atoms with Crippen LogP contribution in [0.5, 0.6) is 0 Å². The number of hydrogen-bond acceptors (Lipinski definition) is 3. The molecule has 0 bridgehead atoms. The number of benzene rings is 1. The third kappa shape index (κ3) is 2.60. The van der Waals surface area contributed by atoms with E-state index in [9.17, 15) is 0 Å². The minimum absolute atomic E-state index is 0.0149. The molecule has 96 valence electrons. The molecular weight excluding hydrogens is 224 g/mol. The minimum Gasteiger partial charge on any atom is -0.271 e. The Labute approximate surface area is 108 Å². The van der Waals surface area contributed by atoms with Gasteiger partial charge in [-0.05, 0) is 25.0 Å². The summed E-state index contributed by atoms with van der Waals surface area (Å²) in [6.45, 7) is 5.13. The maximum absolute atomic E-state index is 5.72. The van der Waals surface area contributed by atoms with Gasteiger partial charge in [-0.3, -0.25) is 10.5 Å². The summed E-state index contributed by atoms with van der Waals surface area (Å²) < 4.78 is 2.01. The number of hydrazine groups is 1. The highest BCUT2D eigenvalue weighted by atomic mass is 15.3. The Kier molecular flexibility index (Phi) is 4.12. The molecule has 1 unspecified atom stereocenters. The van der Waals surface area contributed by atoms with E-state index in [1.165, 1.54) is 5.56 Å². The molecule has 1 atom stereocenters. The topological polar surface area (TPSA) is 55.9 Å². The summed E-state index contributed by atoms with van der Waals surface area (Å²) in [5, 5.41) is 4.34. The fourth-order valence-electron chi connectivity index (χ4n) is 2.19. The summed E-state index contributed by atoms with van der Waals surface area (Å²) >= 11 is 0. The van der Waals surface area contributed by atoms with E-state index in [0.717, 1.165) is 24.2 Å². The molecule has 0 aliphatic carbocycles. The van der Waals surface area contributed by atoms with Gasteiger partial charge in [-0.25, -0.2) is 5.43 Å². The Morgan fingerprint density at radius 3 is 2.89 bits per heavy atom. The van der Waals surface area contributed by atoms with Gasteiger partial charge >= 0.3 is 0 Å². The van der Waals surface area contributed by atoms with Crippen molar-refractivity contribution in [2.24, 2.45) is 5.84 Å². The lowest BCUT2D eigenvalue weighted by atomic mass is 10.0. The molecule has 0 aliphatic heterocycles. The van der Waals surface area contributed by atoms with Gasteiger partial charge in [0.05, 0.1) is 11.7 Å². The average molecular weight is 244 g/mol. The van der Waals surface area contributed by atoms with Crippen molar-refractivity contribution in [2.45, 2.75) is 32.9 Å². The third-order valence-corrected chi connectivity index (χ3v) is 3.02. The van der Waals surface area contributed by atoms with Crippen molar-refractivity contribution in [1.82, 2.24) is 15.2 Å². The molecule has 18 heavy (non-hydrogen) atoms. The molecule has 2 rings (SSSR count). The lowest BCUT2D eigenvalue weighted by Gasteiger charge is -2.18. The minimum atomic E-state index is -0.0149. The van der Waals surface area contributed by atoms with Crippen LogP contribution in [0, 0.1) is 6.92 Å². The Morgan fingerprint density at radius 2 is 2.22 bits per heavy atom. The highest BCUT2D eigenvalue weighted by Crippen LogP contribution is 2.22. The fraction of sp³-hybridized carbons (Fsp3) is 0.357. The van der Waals surface area contributed by atoms with Crippen molar-refractivity contribution in [1.29, 1.82) is 0 Å². The van der Waals surface area contributed by atoms with Crippen LogP contribution in [0.4, 0.5) is 0 Å². The molecule has 0 saturated carbocycles. The predicted octanol–water partition coefficient (Wildman–Crippen LogP) is 2.15. The van der Waals surface area contributed by atoms with E-state index >= 15 is 0 Å². The maximum Gasteiger partial charge on any atom is 0.0878 e. The number of nitrogens with two attached hydrogens (primary N) is 1. The normalized spacial score (nSPS) is 12.6. The predicted molar refractivity (Wildman–Crippen MR) is 72.9 cm³/mol. The molecule has 0 amide bonds. The summed E-state index contributed by atoms with van der Waals surface area (Å²) in [5.41, 5.74) is 6.38. The summed E-state index contributed by atoms with van der Waals surface area (Å²) in [6.07, 6.45) is 2.88. The first-order valence-corrected chi connectivity index (χ1v) is 6.30. The number of rotatable bonds is 5. The molecule has 1 heterocycles. The second-order valence-corrected chi connectivity index (χ2v) is 4.49. The summed E-state index contributed by atoms with van der Waals surface area (Å²) in [4.78, 5) is 0. The van der Waals surface area contributed by atoms with E-state index in [1.54, 1.807) is 0 Å². The summed E-state index contributed by atoms with van der Waals surface area (Å²) in [7, 11) is 0. The van der Waals surface area contributed by atoms with E-state index in [0.29, 0.717) is 0 Å². The zero-order valence-corrected chi connectivity index (χ0v) is 10.9. The molecule has 0 spiro atoms. The smallest absolute Gasteiger partial charge is 0.0878 e. The Morgan fingerprint density at radius 1 is 1.39 bits per heavy atom. The van der Waals surface area contributed by atoms with Crippen molar-refractivity contribution in [3.8, 4) is 0 Å². The van der Waals surface area contributed by atoms with Gasteiger partial charge in [0.1, 0.15) is 0 Å². The van der Waals surface area contributed by atoms with Gasteiger partial charge in [0.15, 0.2) is 0 Å². The lowest BCUT2D eigenvalue weighted by molar-refractivity contribution is 0.521. The van der Waals surface area contributed by atoms with Crippen LogP contribution in [0.2, 0.25) is 0 Å². The quantitative estimate of drug-likeness (QED) is 0.626. The van der Waals surface area contributed by atoms with Crippen LogP contribution in [0.25, 0.3) is 0 Å². The first kappa shape index (κ1) is 12.8. The molecule has 1 aromatic heterocycles. The van der Waals surface area contributed by atoms with Crippen LogP contribution in [-0.4, -0.2) is 9.78 Å². The molecule has 4 nitrogen and oxygen atoms in total. The first-order valence-electron chi connectivity index (χ1n) is 6.30. The van der Waals surface area contributed by atoms with E-state index in [-0.39, 0.29) is 6.04 Å². The highest BCUT2D eigenvalue weighted by molar-refractivity contribution is 5.30.